The van der Waals surface area contributed by atoms with Gasteiger partial charge >= 0.3 is 5.97 Å². The molecule has 9 heteroatoms. The van der Waals surface area contributed by atoms with Gasteiger partial charge in [0, 0.05) is 38.3 Å². The number of aromatic hydroxyl groups is 3. The highest BCUT2D eigenvalue weighted by Gasteiger charge is 2.26. The molecule has 1 saturated heterocycles. The van der Waals surface area contributed by atoms with E-state index < -0.39 is 23.2 Å². The molecule has 0 aliphatic carbocycles. The molecule has 0 spiro atoms. The van der Waals surface area contributed by atoms with Crippen molar-refractivity contribution in [2.45, 2.75) is 19.9 Å². The summed E-state index contributed by atoms with van der Waals surface area (Å²) in [7, 11) is 0. The molecule has 0 radical (unpaired) electrons. The first-order valence-electron chi connectivity index (χ1n) is 8.38. The van der Waals surface area contributed by atoms with Gasteiger partial charge in [0.05, 0.1) is 12.2 Å². The molecule has 0 saturated carbocycles. The molecule has 3 N–H and O–H groups in total. The van der Waals surface area contributed by atoms with E-state index in [1.54, 1.807) is 0 Å². The maximum Gasteiger partial charge on any atom is 0.338 e. The molecule has 1 aliphatic rings. The summed E-state index contributed by atoms with van der Waals surface area (Å²) < 4.78 is 5.98. The third-order valence-corrected chi connectivity index (χ3v) is 5.57. The summed E-state index contributed by atoms with van der Waals surface area (Å²) in [5.74, 6) is -2.30. The van der Waals surface area contributed by atoms with Crippen molar-refractivity contribution in [2.24, 2.45) is 0 Å². The molecule has 2 rings (SSSR count). The van der Waals surface area contributed by atoms with Gasteiger partial charge in [-0.2, -0.15) is 0 Å². The van der Waals surface area contributed by atoms with Crippen LogP contribution in [0.15, 0.2) is 6.07 Å². The van der Waals surface area contributed by atoms with Crippen molar-refractivity contribution in [1.29, 1.82) is 0 Å². The van der Waals surface area contributed by atoms with Gasteiger partial charge in [0.1, 0.15) is 4.32 Å². The lowest BCUT2D eigenvalue weighted by Crippen LogP contribution is -2.47. The highest BCUT2D eigenvalue weighted by molar-refractivity contribution is 8.22. The van der Waals surface area contributed by atoms with Crippen LogP contribution in [0.1, 0.15) is 29.3 Å². The molecular weight excluding hydrogens is 376 g/mol. The molecule has 1 heterocycles. The minimum Gasteiger partial charge on any atom is -0.504 e. The molecule has 1 aromatic carbocycles. The number of carbonyl (C=O) groups excluding carboxylic acids is 1. The van der Waals surface area contributed by atoms with Gasteiger partial charge in [0.25, 0.3) is 0 Å². The monoisotopic (exact) mass is 400 g/mol. The number of rotatable bonds is 5. The Balaban J connectivity index is 2.19. The Morgan fingerprint density at radius 3 is 2.46 bits per heavy atom. The SMILES string of the molecule is CCCOC(=O)c1cc(O)c(O)c(O)c1CN1CCN(C(=S)SC)CC1. The number of ether oxygens (including phenoxy) is 1. The van der Waals surface area contributed by atoms with Gasteiger partial charge in [0.15, 0.2) is 11.5 Å². The fraction of sp³-hybridized carbons (Fsp3) is 0.529. The van der Waals surface area contributed by atoms with Crippen molar-refractivity contribution < 1.29 is 24.9 Å². The molecule has 0 bridgehead atoms. The summed E-state index contributed by atoms with van der Waals surface area (Å²) in [6, 6.07) is 1.14. The average Bonchev–Trinajstić information content (AvgIpc) is 2.66. The molecule has 0 aromatic heterocycles. The van der Waals surface area contributed by atoms with Crippen LogP contribution in [0.4, 0.5) is 0 Å². The molecule has 1 aliphatic heterocycles. The zero-order valence-corrected chi connectivity index (χ0v) is 16.5. The van der Waals surface area contributed by atoms with Gasteiger partial charge < -0.3 is 25.0 Å². The summed E-state index contributed by atoms with van der Waals surface area (Å²) in [5.41, 5.74) is 0.315. The normalized spacial score (nSPS) is 15.1. The first kappa shape index (κ1) is 20.6. The molecule has 1 fully saturated rings. The van der Waals surface area contributed by atoms with E-state index >= 15 is 0 Å². The van der Waals surface area contributed by atoms with Crippen LogP contribution in [-0.2, 0) is 11.3 Å². The Labute approximate surface area is 162 Å². The van der Waals surface area contributed by atoms with E-state index in [0.29, 0.717) is 19.5 Å². The van der Waals surface area contributed by atoms with Crippen LogP contribution >= 0.6 is 24.0 Å². The van der Waals surface area contributed by atoms with Crippen LogP contribution < -0.4 is 0 Å². The smallest absolute Gasteiger partial charge is 0.338 e. The van der Waals surface area contributed by atoms with E-state index in [0.717, 1.165) is 23.5 Å². The minimum absolute atomic E-state index is 0.0633. The molecule has 144 valence electrons. The van der Waals surface area contributed by atoms with Gasteiger partial charge in [-0.15, -0.1) is 11.8 Å². The third kappa shape index (κ3) is 4.72. The number of esters is 1. The van der Waals surface area contributed by atoms with Crippen molar-refractivity contribution in [2.75, 3.05) is 39.0 Å². The molecule has 0 unspecified atom stereocenters. The van der Waals surface area contributed by atoms with Crippen LogP contribution in [-0.4, -0.2) is 74.5 Å². The summed E-state index contributed by atoms with van der Waals surface area (Å²) in [4.78, 5) is 16.5. The number of piperazine rings is 1. The Bertz CT molecular complexity index is 676. The number of hydrogen-bond donors (Lipinski definition) is 3. The second-order valence-corrected chi connectivity index (χ2v) is 7.43. The average molecular weight is 401 g/mol. The molecule has 26 heavy (non-hydrogen) atoms. The second kappa shape index (κ2) is 9.29. The van der Waals surface area contributed by atoms with Crippen LogP contribution in [0.5, 0.6) is 17.2 Å². The Kier molecular flexibility index (Phi) is 7.36. The number of thioether (sulfide) groups is 1. The van der Waals surface area contributed by atoms with E-state index in [2.05, 4.69) is 9.80 Å². The minimum atomic E-state index is -0.630. The summed E-state index contributed by atoms with van der Waals surface area (Å²) >= 11 is 6.83. The van der Waals surface area contributed by atoms with Crippen molar-refractivity contribution in [3.63, 3.8) is 0 Å². The van der Waals surface area contributed by atoms with E-state index in [1.807, 2.05) is 13.2 Å². The van der Waals surface area contributed by atoms with Crippen LogP contribution in [0.3, 0.4) is 0 Å². The Morgan fingerprint density at radius 2 is 1.88 bits per heavy atom. The predicted molar refractivity (Wildman–Crippen MR) is 105 cm³/mol. The molecule has 1 aromatic rings. The lowest BCUT2D eigenvalue weighted by Gasteiger charge is -2.36. The summed E-state index contributed by atoms with van der Waals surface area (Å²) in [6.07, 6.45) is 2.61. The molecule has 0 amide bonds. The maximum absolute atomic E-state index is 12.3. The van der Waals surface area contributed by atoms with E-state index in [-0.39, 0.29) is 24.3 Å². The van der Waals surface area contributed by atoms with Gasteiger partial charge in [-0.05, 0) is 18.7 Å². The topological polar surface area (TPSA) is 93.5 Å². The van der Waals surface area contributed by atoms with Crippen LogP contribution in [0.25, 0.3) is 0 Å². The first-order chi connectivity index (χ1) is 12.4. The van der Waals surface area contributed by atoms with Crippen molar-refractivity contribution in [1.82, 2.24) is 9.80 Å². The van der Waals surface area contributed by atoms with Gasteiger partial charge in [-0.25, -0.2) is 4.79 Å². The van der Waals surface area contributed by atoms with E-state index in [4.69, 9.17) is 17.0 Å². The van der Waals surface area contributed by atoms with E-state index in [9.17, 15) is 20.1 Å². The zero-order chi connectivity index (χ0) is 19.3. The lowest BCUT2D eigenvalue weighted by molar-refractivity contribution is 0.0500. The fourth-order valence-corrected chi connectivity index (χ4v) is 3.36. The summed E-state index contributed by atoms with van der Waals surface area (Å²) in [5, 5.41) is 29.9. The van der Waals surface area contributed by atoms with Gasteiger partial charge in [-0.3, -0.25) is 4.90 Å². The number of hydrogen-bond acceptors (Lipinski definition) is 8. The number of phenols is 3. The Hall–Kier alpha value is -1.71. The number of benzene rings is 1. The van der Waals surface area contributed by atoms with Crippen molar-refractivity contribution >= 4 is 34.3 Å². The van der Waals surface area contributed by atoms with Crippen molar-refractivity contribution in [3.05, 3.63) is 17.2 Å². The number of carbonyl (C=O) groups is 1. The quantitative estimate of drug-likeness (QED) is 0.390. The molecule has 7 nitrogen and oxygen atoms in total. The highest BCUT2D eigenvalue weighted by atomic mass is 32.2. The number of thiocarbonyl (C=S) groups is 1. The van der Waals surface area contributed by atoms with Crippen LogP contribution in [0, 0.1) is 0 Å². The number of phenolic OH excluding ortho intramolecular Hbond substituents is 3. The standard InChI is InChI=1S/C17H24N2O5S2/c1-3-8-24-16(23)11-9-13(20)15(22)14(21)12(11)10-18-4-6-19(7-5-18)17(25)26-2/h9,20-22H,3-8,10H2,1-2H3. The van der Waals surface area contributed by atoms with E-state index in [1.165, 1.54) is 11.8 Å². The van der Waals surface area contributed by atoms with Crippen molar-refractivity contribution in [3.8, 4) is 17.2 Å². The molecule has 0 atom stereocenters. The van der Waals surface area contributed by atoms with Gasteiger partial charge in [0.2, 0.25) is 5.75 Å². The van der Waals surface area contributed by atoms with Crippen LogP contribution in [0.2, 0.25) is 0 Å². The largest absolute Gasteiger partial charge is 0.504 e. The first-order valence-corrected chi connectivity index (χ1v) is 10.0. The third-order valence-electron chi connectivity index (χ3n) is 4.20. The predicted octanol–water partition coefficient (Wildman–Crippen LogP) is 2.14. The van der Waals surface area contributed by atoms with Gasteiger partial charge in [-0.1, -0.05) is 19.1 Å². The fourth-order valence-electron chi connectivity index (χ4n) is 2.74. The summed E-state index contributed by atoms with van der Waals surface area (Å²) in [6.45, 7) is 5.27. The lowest BCUT2D eigenvalue weighted by atomic mass is 10.0. The maximum atomic E-state index is 12.3. The molecular formula is C17H24N2O5S2. The highest BCUT2D eigenvalue weighted by Crippen LogP contribution is 2.40. The second-order valence-electron chi connectivity index (χ2n) is 5.99. The Morgan fingerprint density at radius 1 is 1.23 bits per heavy atom. The number of nitrogens with zero attached hydrogens (tertiary/aromatic N) is 2. The zero-order valence-electron chi connectivity index (χ0n) is 14.9.